The third kappa shape index (κ3) is 2.42. The van der Waals surface area contributed by atoms with Crippen molar-refractivity contribution in [2.45, 2.75) is 70.9 Å². The zero-order valence-corrected chi connectivity index (χ0v) is 13.2. The maximum Gasteiger partial charge on any atom is 0.0684 e. The SMILES string of the molecule is CC1(C)C(NCC2(CO)CCCCC2)C2CCCOC21. The maximum atomic E-state index is 9.84. The van der Waals surface area contributed by atoms with E-state index in [0.29, 0.717) is 24.7 Å². The van der Waals surface area contributed by atoms with Gasteiger partial charge in [-0.05, 0) is 25.7 Å². The Kier molecular flexibility index (Phi) is 4.13. The Morgan fingerprint density at radius 1 is 1.15 bits per heavy atom. The standard InChI is InChI=1S/C17H31NO2/c1-16(2)14(13-7-6-10-20-15(13)16)18-11-17(12-19)8-4-3-5-9-17/h13-15,18-19H,3-12H2,1-2H3. The van der Waals surface area contributed by atoms with Gasteiger partial charge in [-0.15, -0.1) is 0 Å². The number of nitrogens with one attached hydrogen (secondary N) is 1. The van der Waals surface area contributed by atoms with Gasteiger partial charge in [-0.2, -0.15) is 0 Å². The Bertz CT molecular complexity index is 336. The van der Waals surface area contributed by atoms with Gasteiger partial charge < -0.3 is 15.2 Å². The highest BCUT2D eigenvalue weighted by Gasteiger charge is 2.57. The van der Waals surface area contributed by atoms with Crippen LogP contribution in [0.25, 0.3) is 0 Å². The van der Waals surface area contributed by atoms with Crippen molar-refractivity contribution >= 4 is 0 Å². The van der Waals surface area contributed by atoms with E-state index >= 15 is 0 Å². The molecular weight excluding hydrogens is 250 g/mol. The van der Waals surface area contributed by atoms with Crippen molar-refractivity contribution in [3.63, 3.8) is 0 Å². The fraction of sp³-hybridized carbons (Fsp3) is 1.00. The number of hydrogen-bond donors (Lipinski definition) is 2. The second kappa shape index (κ2) is 5.58. The quantitative estimate of drug-likeness (QED) is 0.832. The molecule has 20 heavy (non-hydrogen) atoms. The molecule has 3 heteroatoms. The zero-order chi connectivity index (χ0) is 14.2. The number of hydrogen-bond acceptors (Lipinski definition) is 3. The van der Waals surface area contributed by atoms with E-state index in [2.05, 4.69) is 19.2 Å². The van der Waals surface area contributed by atoms with Crippen LogP contribution in [0.1, 0.15) is 58.8 Å². The normalized spacial score (nSPS) is 38.9. The molecule has 0 aromatic heterocycles. The first-order valence-corrected chi connectivity index (χ1v) is 8.55. The number of aliphatic hydroxyl groups excluding tert-OH is 1. The van der Waals surface area contributed by atoms with E-state index in [1.165, 1.54) is 44.9 Å². The Balaban J connectivity index is 1.60. The Hall–Kier alpha value is -0.120. The highest BCUT2D eigenvalue weighted by molar-refractivity contribution is 5.10. The lowest BCUT2D eigenvalue weighted by molar-refractivity contribution is -0.194. The van der Waals surface area contributed by atoms with Crippen molar-refractivity contribution in [1.82, 2.24) is 5.32 Å². The van der Waals surface area contributed by atoms with E-state index in [1.54, 1.807) is 0 Å². The third-order valence-electron chi connectivity index (χ3n) is 6.28. The summed E-state index contributed by atoms with van der Waals surface area (Å²) in [6, 6.07) is 0.568. The van der Waals surface area contributed by atoms with Crippen molar-refractivity contribution in [2.75, 3.05) is 19.8 Å². The second-order valence-electron chi connectivity index (χ2n) is 8.00. The average Bonchev–Trinajstić information content (AvgIpc) is 2.48. The van der Waals surface area contributed by atoms with Gasteiger partial charge in [0.05, 0.1) is 6.10 Å². The molecule has 2 aliphatic carbocycles. The van der Waals surface area contributed by atoms with Gasteiger partial charge in [-0.1, -0.05) is 33.1 Å². The van der Waals surface area contributed by atoms with Gasteiger partial charge in [0, 0.05) is 42.5 Å². The van der Waals surface area contributed by atoms with Crippen LogP contribution in [0.3, 0.4) is 0 Å². The van der Waals surface area contributed by atoms with E-state index in [4.69, 9.17) is 4.74 Å². The molecule has 3 fully saturated rings. The Morgan fingerprint density at radius 2 is 1.90 bits per heavy atom. The molecule has 3 unspecified atom stereocenters. The average molecular weight is 281 g/mol. The van der Waals surface area contributed by atoms with Gasteiger partial charge in [0.2, 0.25) is 0 Å². The minimum atomic E-state index is 0.148. The van der Waals surface area contributed by atoms with Gasteiger partial charge in [0.15, 0.2) is 0 Å². The fourth-order valence-electron chi connectivity index (χ4n) is 4.96. The van der Waals surface area contributed by atoms with Crippen LogP contribution in [0.2, 0.25) is 0 Å². The van der Waals surface area contributed by atoms with Gasteiger partial charge >= 0.3 is 0 Å². The summed E-state index contributed by atoms with van der Waals surface area (Å²) in [6.45, 7) is 6.95. The predicted molar refractivity (Wildman–Crippen MR) is 80.6 cm³/mol. The van der Waals surface area contributed by atoms with Gasteiger partial charge in [-0.3, -0.25) is 0 Å². The van der Waals surface area contributed by atoms with E-state index < -0.39 is 0 Å². The zero-order valence-electron chi connectivity index (χ0n) is 13.2. The van der Waals surface area contributed by atoms with Crippen LogP contribution in [-0.2, 0) is 4.74 Å². The minimum absolute atomic E-state index is 0.148. The van der Waals surface area contributed by atoms with Crippen molar-refractivity contribution in [2.24, 2.45) is 16.7 Å². The van der Waals surface area contributed by atoms with Crippen molar-refractivity contribution in [1.29, 1.82) is 0 Å². The van der Waals surface area contributed by atoms with Crippen molar-refractivity contribution in [3.05, 3.63) is 0 Å². The number of aliphatic hydroxyl groups is 1. The first-order chi connectivity index (χ1) is 9.59. The molecule has 3 nitrogen and oxygen atoms in total. The van der Waals surface area contributed by atoms with Crippen LogP contribution < -0.4 is 5.32 Å². The molecule has 3 atom stereocenters. The molecule has 1 heterocycles. The largest absolute Gasteiger partial charge is 0.396 e. The molecule has 1 aliphatic heterocycles. The highest BCUT2D eigenvalue weighted by Crippen LogP contribution is 2.51. The summed E-state index contributed by atoms with van der Waals surface area (Å²) in [5.74, 6) is 0.693. The molecule has 2 N–H and O–H groups in total. The molecule has 2 saturated carbocycles. The lowest BCUT2D eigenvalue weighted by Crippen LogP contribution is -2.70. The molecule has 116 valence electrons. The first-order valence-electron chi connectivity index (χ1n) is 8.55. The fourth-order valence-corrected chi connectivity index (χ4v) is 4.96. The lowest BCUT2D eigenvalue weighted by Gasteiger charge is -2.60. The van der Waals surface area contributed by atoms with Crippen LogP contribution in [0.15, 0.2) is 0 Å². The number of ether oxygens (including phenoxy) is 1. The molecule has 1 saturated heterocycles. The highest BCUT2D eigenvalue weighted by atomic mass is 16.5. The van der Waals surface area contributed by atoms with Gasteiger partial charge in [0.1, 0.15) is 0 Å². The van der Waals surface area contributed by atoms with E-state index in [1.807, 2.05) is 0 Å². The topological polar surface area (TPSA) is 41.5 Å². The van der Waals surface area contributed by atoms with Crippen LogP contribution in [0.4, 0.5) is 0 Å². The predicted octanol–water partition coefficient (Wildman–Crippen LogP) is 2.72. The molecule has 3 rings (SSSR count). The number of rotatable bonds is 4. The lowest BCUT2D eigenvalue weighted by atomic mass is 9.55. The third-order valence-corrected chi connectivity index (χ3v) is 6.28. The van der Waals surface area contributed by atoms with Crippen molar-refractivity contribution < 1.29 is 9.84 Å². The monoisotopic (exact) mass is 281 g/mol. The maximum absolute atomic E-state index is 9.84. The van der Waals surface area contributed by atoms with Crippen LogP contribution >= 0.6 is 0 Å². The van der Waals surface area contributed by atoms with Crippen LogP contribution in [0, 0.1) is 16.7 Å². The summed E-state index contributed by atoms with van der Waals surface area (Å²) in [4.78, 5) is 0. The second-order valence-corrected chi connectivity index (χ2v) is 8.00. The summed E-state index contributed by atoms with van der Waals surface area (Å²) in [7, 11) is 0. The molecule has 0 amide bonds. The molecule has 0 aromatic carbocycles. The molecule has 0 bridgehead atoms. The Morgan fingerprint density at radius 3 is 2.60 bits per heavy atom. The summed E-state index contributed by atoms with van der Waals surface area (Å²) in [5.41, 5.74) is 0.394. The summed E-state index contributed by atoms with van der Waals surface area (Å²) in [6.07, 6.45) is 9.25. The van der Waals surface area contributed by atoms with Crippen LogP contribution in [-0.4, -0.2) is 37.0 Å². The van der Waals surface area contributed by atoms with Gasteiger partial charge in [-0.25, -0.2) is 0 Å². The van der Waals surface area contributed by atoms with E-state index in [9.17, 15) is 5.11 Å². The smallest absolute Gasteiger partial charge is 0.0684 e. The van der Waals surface area contributed by atoms with Crippen molar-refractivity contribution in [3.8, 4) is 0 Å². The molecule has 0 aromatic rings. The summed E-state index contributed by atoms with van der Waals surface area (Å²) >= 11 is 0. The molecule has 0 radical (unpaired) electrons. The van der Waals surface area contributed by atoms with Gasteiger partial charge in [0.25, 0.3) is 0 Å². The molecule has 0 spiro atoms. The summed E-state index contributed by atoms with van der Waals surface area (Å²) in [5, 5.41) is 13.7. The summed E-state index contributed by atoms with van der Waals surface area (Å²) < 4.78 is 5.98. The van der Waals surface area contributed by atoms with E-state index in [0.717, 1.165) is 13.2 Å². The van der Waals surface area contributed by atoms with E-state index in [-0.39, 0.29) is 10.8 Å². The first kappa shape index (κ1) is 14.8. The molecule has 3 aliphatic rings. The van der Waals surface area contributed by atoms with Crippen LogP contribution in [0.5, 0.6) is 0 Å². The number of fused-ring (bicyclic) bond motifs is 1. The Labute approximate surface area is 123 Å². The minimum Gasteiger partial charge on any atom is -0.396 e. The molecular formula is C17H31NO2.